The lowest BCUT2D eigenvalue weighted by Crippen LogP contribution is -2.21. The monoisotopic (exact) mass is 233 g/mol. The van der Waals surface area contributed by atoms with Crippen LogP contribution in [0, 0.1) is 0 Å². The number of hydrogen-bond acceptors (Lipinski definition) is 4. The Morgan fingerprint density at radius 3 is 2.85 bits per heavy atom. The Hall–Kier alpha value is -0.146. The molecule has 0 fully saturated rings. The maximum absolute atomic E-state index is 9.11. The van der Waals surface area contributed by atoms with Gasteiger partial charge in [0.05, 0.1) is 0 Å². The average Bonchev–Trinajstić information content (AvgIpc) is 2.45. The molecule has 2 rings (SSSR count). The summed E-state index contributed by atoms with van der Waals surface area (Å²) in [6, 6.07) is 1.85. The lowest BCUT2D eigenvalue weighted by molar-refractivity contribution is 0.490. The van der Waals surface area contributed by atoms with Gasteiger partial charge < -0.3 is 14.5 Å². The van der Waals surface area contributed by atoms with Crippen LogP contribution in [-0.2, 0) is 17.1 Å². The summed E-state index contributed by atoms with van der Waals surface area (Å²) in [5.41, 5.74) is 1.27. The quantitative estimate of drug-likeness (QED) is 0.545. The van der Waals surface area contributed by atoms with Crippen LogP contribution < -0.4 is 5.32 Å². The van der Waals surface area contributed by atoms with Crippen LogP contribution in [-0.4, -0.2) is 32.6 Å². The lowest BCUT2D eigenvalue weighted by atomic mass is 10.1. The molecule has 0 saturated heterocycles. The van der Waals surface area contributed by atoms with Crippen molar-refractivity contribution in [2.45, 2.75) is 13.0 Å². The van der Waals surface area contributed by atoms with Crippen LogP contribution in [0.1, 0.15) is 10.4 Å². The molecule has 1 aromatic rings. The van der Waals surface area contributed by atoms with Crippen molar-refractivity contribution in [3.8, 4) is 5.06 Å². The second kappa shape index (κ2) is 5.56. The van der Waals surface area contributed by atoms with Crippen LogP contribution in [0.3, 0.4) is 0 Å². The standard InChI is InChI=1S/C7H9NOS.H6OSi2/c9-7-3-5-4-8-2-1-6(5)10-7;2-1-3/h3,8-9H,1-2,4H2;2-3H3. The Morgan fingerprint density at radius 2 is 2.23 bits per heavy atom. The van der Waals surface area contributed by atoms with Gasteiger partial charge in [0.2, 0.25) is 0 Å². The van der Waals surface area contributed by atoms with E-state index in [1.807, 2.05) is 6.07 Å². The molecule has 0 amide bonds. The third kappa shape index (κ3) is 3.24. The van der Waals surface area contributed by atoms with Gasteiger partial charge in [-0.05, 0) is 18.1 Å². The Kier molecular flexibility index (Phi) is 4.67. The minimum Gasteiger partial charge on any atom is -0.499 e. The number of thiophene rings is 1. The number of nitrogens with one attached hydrogen (secondary N) is 1. The molecule has 2 N–H and O–H groups in total. The highest BCUT2D eigenvalue weighted by molar-refractivity contribution is 7.13. The highest BCUT2D eigenvalue weighted by Crippen LogP contribution is 2.29. The molecule has 0 aromatic carbocycles. The van der Waals surface area contributed by atoms with E-state index in [-0.39, 0.29) is 0 Å². The summed E-state index contributed by atoms with van der Waals surface area (Å²) in [6.07, 6.45) is 1.07. The van der Waals surface area contributed by atoms with Crippen LogP contribution in [0.5, 0.6) is 5.06 Å². The second-order valence-corrected chi connectivity index (χ2v) is 7.25. The first-order chi connectivity index (χ1) is 6.27. The van der Waals surface area contributed by atoms with Gasteiger partial charge in [-0.3, -0.25) is 0 Å². The molecular formula is C7H15NO2SSi2. The van der Waals surface area contributed by atoms with E-state index >= 15 is 0 Å². The molecule has 0 unspecified atom stereocenters. The molecule has 1 aliphatic rings. The third-order valence-electron chi connectivity index (χ3n) is 1.73. The molecule has 3 nitrogen and oxygen atoms in total. The smallest absolute Gasteiger partial charge is 0.171 e. The largest absolute Gasteiger partial charge is 0.499 e. The van der Waals surface area contributed by atoms with Crippen LogP contribution in [0.4, 0.5) is 0 Å². The molecule has 0 saturated carbocycles. The van der Waals surface area contributed by atoms with Gasteiger partial charge in [0, 0.05) is 18.0 Å². The molecule has 1 aromatic heterocycles. The Bertz CT molecular complexity index is 243. The zero-order valence-electron chi connectivity index (χ0n) is 7.96. The first-order valence-corrected chi connectivity index (χ1v) is 6.64. The van der Waals surface area contributed by atoms with Crippen molar-refractivity contribution >= 4 is 32.3 Å². The van der Waals surface area contributed by atoms with E-state index in [1.165, 1.54) is 21.8 Å². The van der Waals surface area contributed by atoms with Gasteiger partial charge in [0.1, 0.15) is 21.0 Å². The summed E-state index contributed by atoms with van der Waals surface area (Å²) in [7, 11) is 1.86. The molecule has 6 heteroatoms. The topological polar surface area (TPSA) is 41.5 Å². The number of fused-ring (bicyclic) bond motifs is 1. The van der Waals surface area contributed by atoms with E-state index < -0.39 is 0 Å². The van der Waals surface area contributed by atoms with Crippen molar-refractivity contribution in [3.63, 3.8) is 0 Å². The van der Waals surface area contributed by atoms with Crippen molar-refractivity contribution in [1.29, 1.82) is 0 Å². The third-order valence-corrected chi connectivity index (χ3v) is 2.77. The van der Waals surface area contributed by atoms with Crippen LogP contribution in [0.15, 0.2) is 6.07 Å². The fraction of sp³-hybridized carbons (Fsp3) is 0.429. The zero-order chi connectivity index (χ0) is 9.68. The maximum atomic E-state index is 9.11. The predicted molar refractivity (Wildman–Crippen MR) is 62.4 cm³/mol. The molecule has 0 atom stereocenters. The van der Waals surface area contributed by atoms with Gasteiger partial charge in [0.25, 0.3) is 0 Å². The summed E-state index contributed by atoms with van der Waals surface area (Å²) in [5, 5.41) is 12.8. The molecule has 0 aliphatic carbocycles. The van der Waals surface area contributed by atoms with Crippen molar-refractivity contribution in [2.75, 3.05) is 6.54 Å². The van der Waals surface area contributed by atoms with Crippen molar-refractivity contribution in [1.82, 2.24) is 5.32 Å². The van der Waals surface area contributed by atoms with Gasteiger partial charge in [-0.25, -0.2) is 0 Å². The molecule has 0 radical (unpaired) electrons. The molecule has 0 spiro atoms. The van der Waals surface area contributed by atoms with Gasteiger partial charge >= 0.3 is 0 Å². The Balaban J connectivity index is 0.000000251. The van der Waals surface area contributed by atoms with E-state index in [4.69, 9.17) is 5.11 Å². The summed E-state index contributed by atoms with van der Waals surface area (Å²) < 4.78 is 4.53. The molecule has 1 aliphatic heterocycles. The SMILES string of the molecule is Oc1cc2c(s1)CCNC2.[SiH3]O[SiH3]. The number of hydrogen-bond donors (Lipinski definition) is 2. The van der Waals surface area contributed by atoms with E-state index in [0.717, 1.165) is 40.5 Å². The van der Waals surface area contributed by atoms with Crippen molar-refractivity contribution < 1.29 is 9.22 Å². The van der Waals surface area contributed by atoms with E-state index in [1.54, 1.807) is 0 Å². The van der Waals surface area contributed by atoms with E-state index in [9.17, 15) is 0 Å². The Morgan fingerprint density at radius 1 is 1.54 bits per heavy atom. The fourth-order valence-electron chi connectivity index (χ4n) is 1.24. The minimum atomic E-state index is 0.453. The summed E-state index contributed by atoms with van der Waals surface area (Å²) in [6.45, 7) is 1.97. The summed E-state index contributed by atoms with van der Waals surface area (Å²) in [5.74, 6) is 0. The molecule has 2 heterocycles. The van der Waals surface area contributed by atoms with Crippen molar-refractivity contribution in [3.05, 3.63) is 16.5 Å². The van der Waals surface area contributed by atoms with Crippen LogP contribution >= 0.6 is 11.3 Å². The maximum Gasteiger partial charge on any atom is 0.171 e. The zero-order valence-corrected chi connectivity index (χ0v) is 12.8. The molecule has 0 bridgehead atoms. The van der Waals surface area contributed by atoms with E-state index in [0.29, 0.717) is 5.06 Å². The lowest BCUT2D eigenvalue weighted by Gasteiger charge is -2.10. The second-order valence-electron chi connectivity index (χ2n) is 2.87. The number of rotatable bonds is 0. The average molecular weight is 233 g/mol. The van der Waals surface area contributed by atoms with Crippen LogP contribution in [0.25, 0.3) is 0 Å². The van der Waals surface area contributed by atoms with Gasteiger partial charge in [-0.1, -0.05) is 0 Å². The van der Waals surface area contributed by atoms with Gasteiger partial charge in [-0.2, -0.15) is 0 Å². The first-order valence-electron chi connectivity index (χ1n) is 4.19. The highest BCUT2D eigenvalue weighted by atomic mass is 32.1. The fourth-order valence-corrected chi connectivity index (χ4v) is 2.16. The van der Waals surface area contributed by atoms with Crippen molar-refractivity contribution in [2.24, 2.45) is 0 Å². The number of aromatic hydroxyl groups is 1. The molecule has 74 valence electrons. The van der Waals surface area contributed by atoms with Crippen LogP contribution in [0.2, 0.25) is 0 Å². The molecule has 13 heavy (non-hydrogen) atoms. The molecular weight excluding hydrogens is 218 g/mol. The van der Waals surface area contributed by atoms with Gasteiger partial charge in [0.15, 0.2) is 5.06 Å². The predicted octanol–water partition coefficient (Wildman–Crippen LogP) is -1.34. The summed E-state index contributed by atoms with van der Waals surface area (Å²) >= 11 is 1.51. The first kappa shape index (κ1) is 10.9. The highest BCUT2D eigenvalue weighted by Gasteiger charge is 2.11. The Labute approximate surface area is 88.2 Å². The van der Waals surface area contributed by atoms with E-state index in [2.05, 4.69) is 9.43 Å². The van der Waals surface area contributed by atoms with Gasteiger partial charge in [-0.15, -0.1) is 11.3 Å². The summed E-state index contributed by atoms with van der Waals surface area (Å²) in [4.78, 5) is 1.34. The normalized spacial score (nSPS) is 14.8. The minimum absolute atomic E-state index is 0.453.